The van der Waals surface area contributed by atoms with Crippen LogP contribution in [0.25, 0.3) is 33.3 Å². The number of alkyl halides is 3. The Kier molecular flexibility index (Phi) is 6.51. The first-order valence-electron chi connectivity index (χ1n) is 11.1. The number of rotatable bonds is 7. The Hall–Kier alpha value is -4.42. The zero-order valence-corrected chi connectivity index (χ0v) is 19.1. The van der Waals surface area contributed by atoms with Gasteiger partial charge in [0.2, 0.25) is 0 Å². The lowest BCUT2D eigenvalue weighted by Gasteiger charge is -2.14. The summed E-state index contributed by atoms with van der Waals surface area (Å²) in [6.07, 6.45) is -3.11. The van der Waals surface area contributed by atoms with Crippen molar-refractivity contribution in [2.75, 3.05) is 13.2 Å². The van der Waals surface area contributed by atoms with Crippen molar-refractivity contribution in [3.8, 4) is 11.3 Å². The maximum atomic E-state index is 13.8. The highest BCUT2D eigenvalue weighted by atomic mass is 19.4. The van der Waals surface area contributed by atoms with Gasteiger partial charge in [-0.2, -0.15) is 13.2 Å². The second-order valence-electron chi connectivity index (χ2n) is 8.04. The number of pyridine rings is 2. The van der Waals surface area contributed by atoms with Gasteiger partial charge in [-0.25, -0.2) is 15.1 Å². The van der Waals surface area contributed by atoms with Gasteiger partial charge in [-0.15, -0.1) is 5.10 Å². The number of nitrogens with one attached hydrogen (secondary N) is 1. The van der Waals surface area contributed by atoms with Crippen molar-refractivity contribution in [2.45, 2.75) is 12.7 Å². The van der Waals surface area contributed by atoms with Gasteiger partial charge in [0.25, 0.3) is 5.91 Å². The molecule has 0 saturated carbocycles. The lowest BCUT2D eigenvalue weighted by atomic mass is 10.0. The molecule has 5 rings (SSSR count). The molecule has 2 N–H and O–H groups in total. The van der Waals surface area contributed by atoms with E-state index in [1.54, 1.807) is 23.0 Å². The Labute approximate surface area is 207 Å². The summed E-state index contributed by atoms with van der Waals surface area (Å²) in [5.74, 6) is -1.08. The van der Waals surface area contributed by atoms with Gasteiger partial charge in [0.1, 0.15) is 5.52 Å². The van der Waals surface area contributed by atoms with Crippen LogP contribution in [0.1, 0.15) is 21.5 Å². The van der Waals surface area contributed by atoms with Crippen molar-refractivity contribution in [3.63, 3.8) is 0 Å². The molecule has 9 nitrogen and oxygen atoms in total. The molecule has 0 unspecified atom stereocenters. The van der Waals surface area contributed by atoms with Gasteiger partial charge in [0, 0.05) is 17.1 Å². The molecular weight excluding hydrogens is 489 g/mol. The number of nitrogens with zero attached hydrogens (tertiary/aromatic N) is 5. The molecule has 1 amide bonds. The van der Waals surface area contributed by atoms with Crippen molar-refractivity contribution < 1.29 is 27.9 Å². The number of carbonyl (C=O) groups excluding carboxylic acids is 1. The molecule has 0 fully saturated rings. The second-order valence-corrected chi connectivity index (χ2v) is 8.04. The Morgan fingerprint density at radius 2 is 1.92 bits per heavy atom. The molecule has 0 atom stereocenters. The monoisotopic (exact) mass is 508 g/mol. The number of amides is 1. The van der Waals surface area contributed by atoms with Crippen molar-refractivity contribution >= 4 is 28.0 Å². The largest absolute Gasteiger partial charge is 0.417 e. The third-order valence-electron chi connectivity index (χ3n) is 5.62. The number of aliphatic hydroxyl groups excluding tert-OH is 1. The van der Waals surface area contributed by atoms with Crippen LogP contribution in [0, 0.1) is 0 Å². The normalized spacial score (nSPS) is 11.8. The van der Waals surface area contributed by atoms with Crippen LogP contribution >= 0.6 is 0 Å². The van der Waals surface area contributed by atoms with Crippen molar-refractivity contribution in [1.29, 1.82) is 0 Å². The summed E-state index contributed by atoms with van der Waals surface area (Å²) in [6.45, 7) is -0.352. The fourth-order valence-corrected chi connectivity index (χ4v) is 3.93. The SMILES string of the molecule is O=C(NOCCO)c1ccc(-c2ccc3nnn(Cc4cccc5cccnc45)c3n2)cc1C(F)(F)F. The third-order valence-corrected chi connectivity index (χ3v) is 5.62. The van der Waals surface area contributed by atoms with E-state index in [0.717, 1.165) is 28.6 Å². The highest BCUT2D eigenvalue weighted by Gasteiger charge is 2.36. The van der Waals surface area contributed by atoms with Crippen LogP contribution < -0.4 is 5.48 Å². The van der Waals surface area contributed by atoms with Gasteiger partial charge in [0.15, 0.2) is 5.65 Å². The molecule has 188 valence electrons. The summed E-state index contributed by atoms with van der Waals surface area (Å²) in [7, 11) is 0. The number of halogens is 3. The van der Waals surface area contributed by atoms with Gasteiger partial charge in [-0.3, -0.25) is 14.6 Å². The van der Waals surface area contributed by atoms with E-state index in [1.165, 1.54) is 6.07 Å². The van der Waals surface area contributed by atoms with Crippen LogP contribution in [0.3, 0.4) is 0 Å². The standard InChI is InChI=1S/C25H19F3N6O3/c26-25(27,28)19-13-16(6-7-18(19)24(36)32-37-12-11-35)20-8-9-21-23(30-20)34(33-31-21)14-17-4-1-3-15-5-2-10-29-22(15)17/h1-10,13,35H,11-12,14H2,(H,32,36). The van der Waals surface area contributed by atoms with Gasteiger partial charge < -0.3 is 5.11 Å². The van der Waals surface area contributed by atoms with E-state index in [0.29, 0.717) is 17.7 Å². The van der Waals surface area contributed by atoms with E-state index in [-0.39, 0.29) is 17.9 Å². The van der Waals surface area contributed by atoms with Gasteiger partial charge in [-0.1, -0.05) is 35.5 Å². The fraction of sp³-hybridized carbons (Fsp3) is 0.160. The Morgan fingerprint density at radius 3 is 2.73 bits per heavy atom. The number of hydrogen-bond donors (Lipinski definition) is 2. The molecule has 37 heavy (non-hydrogen) atoms. The molecule has 0 spiro atoms. The van der Waals surface area contributed by atoms with Crippen LogP contribution in [0.15, 0.2) is 66.9 Å². The van der Waals surface area contributed by atoms with E-state index in [4.69, 9.17) is 5.11 Å². The molecule has 0 aliphatic heterocycles. The highest BCUT2D eigenvalue weighted by Crippen LogP contribution is 2.35. The average molecular weight is 508 g/mol. The van der Waals surface area contributed by atoms with E-state index in [9.17, 15) is 18.0 Å². The first-order valence-corrected chi connectivity index (χ1v) is 11.1. The van der Waals surface area contributed by atoms with Crippen molar-refractivity contribution in [2.24, 2.45) is 0 Å². The molecule has 0 radical (unpaired) electrons. The third kappa shape index (κ3) is 4.97. The number of aliphatic hydroxyl groups is 1. The quantitative estimate of drug-likeness (QED) is 0.254. The van der Waals surface area contributed by atoms with Crippen molar-refractivity contribution in [1.82, 2.24) is 30.4 Å². The Balaban J connectivity index is 1.51. The number of para-hydroxylation sites is 1. The number of fused-ring (bicyclic) bond motifs is 2. The van der Waals surface area contributed by atoms with Crippen LogP contribution in [0.5, 0.6) is 0 Å². The summed E-state index contributed by atoms with van der Waals surface area (Å²) >= 11 is 0. The minimum atomic E-state index is -4.81. The topological polar surface area (TPSA) is 115 Å². The number of benzene rings is 2. The molecule has 0 bridgehead atoms. The van der Waals surface area contributed by atoms with Crippen LogP contribution in [0.2, 0.25) is 0 Å². The maximum Gasteiger partial charge on any atom is 0.417 e. The van der Waals surface area contributed by atoms with E-state index in [2.05, 4.69) is 25.1 Å². The molecule has 2 aromatic carbocycles. The lowest BCUT2D eigenvalue weighted by molar-refractivity contribution is -0.138. The van der Waals surface area contributed by atoms with Gasteiger partial charge >= 0.3 is 6.18 Å². The molecule has 0 aliphatic rings. The first kappa shape index (κ1) is 24.3. The number of carbonyl (C=O) groups is 1. The predicted octanol–water partition coefficient (Wildman–Crippen LogP) is 3.76. The van der Waals surface area contributed by atoms with Crippen LogP contribution in [-0.2, 0) is 17.6 Å². The summed E-state index contributed by atoms with van der Waals surface area (Å²) < 4.78 is 43.0. The fourth-order valence-electron chi connectivity index (χ4n) is 3.93. The smallest absolute Gasteiger partial charge is 0.394 e. The Morgan fingerprint density at radius 1 is 1.08 bits per heavy atom. The Bertz CT molecular complexity index is 1600. The van der Waals surface area contributed by atoms with Crippen molar-refractivity contribution in [3.05, 3.63) is 83.6 Å². The molecule has 0 saturated heterocycles. The summed E-state index contributed by atoms with van der Waals surface area (Å²) in [5.41, 5.74) is 3.08. The molecular formula is C25H19F3N6O3. The zero-order chi connectivity index (χ0) is 26.0. The maximum absolute atomic E-state index is 13.8. The zero-order valence-electron chi connectivity index (χ0n) is 19.1. The lowest BCUT2D eigenvalue weighted by Crippen LogP contribution is -2.27. The molecule has 3 heterocycles. The number of aromatic nitrogens is 5. The van der Waals surface area contributed by atoms with Crippen LogP contribution in [-0.4, -0.2) is 49.2 Å². The van der Waals surface area contributed by atoms with E-state index in [1.807, 2.05) is 35.8 Å². The average Bonchev–Trinajstić information content (AvgIpc) is 3.30. The number of hydrogen-bond acceptors (Lipinski definition) is 7. The summed E-state index contributed by atoms with van der Waals surface area (Å²) in [4.78, 5) is 25.9. The molecule has 0 aliphatic carbocycles. The van der Waals surface area contributed by atoms with Gasteiger partial charge in [0.05, 0.1) is 42.1 Å². The summed E-state index contributed by atoms with van der Waals surface area (Å²) in [5, 5.41) is 18.0. The van der Waals surface area contributed by atoms with Gasteiger partial charge in [-0.05, 0) is 35.9 Å². The number of hydroxylamine groups is 1. The first-order chi connectivity index (χ1) is 17.8. The molecule has 5 aromatic rings. The van der Waals surface area contributed by atoms with E-state index >= 15 is 0 Å². The minimum absolute atomic E-state index is 0.154. The molecule has 3 aromatic heterocycles. The van der Waals surface area contributed by atoms with E-state index < -0.39 is 29.8 Å². The predicted molar refractivity (Wildman–Crippen MR) is 127 cm³/mol. The summed E-state index contributed by atoms with van der Waals surface area (Å²) in [6, 6.07) is 16.0. The van der Waals surface area contributed by atoms with Crippen LogP contribution in [0.4, 0.5) is 13.2 Å². The minimum Gasteiger partial charge on any atom is -0.394 e. The second kappa shape index (κ2) is 9.91. The highest BCUT2D eigenvalue weighted by molar-refractivity contribution is 5.96. The molecule has 12 heteroatoms.